The number of hydrogen-bond acceptors (Lipinski definition) is 2. The fourth-order valence-corrected chi connectivity index (χ4v) is 1.45. The first-order valence-corrected chi connectivity index (χ1v) is 6.18. The van der Waals surface area contributed by atoms with Crippen molar-refractivity contribution in [1.82, 2.24) is 0 Å². The lowest BCUT2D eigenvalue weighted by atomic mass is 10.3. The molecule has 0 saturated carbocycles. The molecule has 0 aliphatic rings. The summed E-state index contributed by atoms with van der Waals surface area (Å²) in [6.45, 7) is 0. The second-order valence-corrected chi connectivity index (χ2v) is 4.93. The predicted molar refractivity (Wildman–Crippen MR) is 77.1 cm³/mol. The summed E-state index contributed by atoms with van der Waals surface area (Å²) in [6.07, 6.45) is 0. The van der Waals surface area contributed by atoms with Crippen molar-refractivity contribution < 1.29 is 0 Å². The molecule has 0 spiro atoms. The van der Waals surface area contributed by atoms with Crippen molar-refractivity contribution in [3.8, 4) is 0 Å². The monoisotopic (exact) mass is 342 g/mol. The van der Waals surface area contributed by atoms with Gasteiger partial charge in [-0.1, -0.05) is 31.9 Å². The highest BCUT2D eigenvalue weighted by Gasteiger charge is 1.82. The molecular formula is C12H12Br2N2. The smallest absolute Gasteiger partial charge is 0.0314 e. The van der Waals surface area contributed by atoms with E-state index in [4.69, 9.17) is 11.5 Å². The maximum atomic E-state index is 5.41. The molecule has 0 aromatic heterocycles. The van der Waals surface area contributed by atoms with Crippen LogP contribution in [-0.4, -0.2) is 0 Å². The SMILES string of the molecule is Nc1ccc(Br)cc1.Nc1ccc(Br)cc1. The number of benzene rings is 2. The van der Waals surface area contributed by atoms with E-state index in [2.05, 4.69) is 31.9 Å². The standard InChI is InChI=1S/2C6H6BrN/c2*7-5-1-3-6(8)4-2-5/h2*1-4H,8H2. The Morgan fingerprint density at radius 2 is 0.812 bits per heavy atom. The van der Waals surface area contributed by atoms with E-state index in [1.54, 1.807) is 0 Å². The van der Waals surface area contributed by atoms with Gasteiger partial charge in [0.15, 0.2) is 0 Å². The van der Waals surface area contributed by atoms with Gasteiger partial charge in [-0.15, -0.1) is 0 Å². The van der Waals surface area contributed by atoms with Crippen LogP contribution in [0, 0.1) is 0 Å². The number of hydrogen-bond donors (Lipinski definition) is 2. The van der Waals surface area contributed by atoms with E-state index >= 15 is 0 Å². The summed E-state index contributed by atoms with van der Waals surface area (Å²) in [6, 6.07) is 15.1. The van der Waals surface area contributed by atoms with E-state index in [0.717, 1.165) is 20.3 Å². The van der Waals surface area contributed by atoms with Crippen LogP contribution in [0.4, 0.5) is 11.4 Å². The topological polar surface area (TPSA) is 52.0 Å². The maximum absolute atomic E-state index is 5.41. The van der Waals surface area contributed by atoms with Crippen LogP contribution in [0.5, 0.6) is 0 Å². The zero-order valence-electron chi connectivity index (χ0n) is 8.53. The van der Waals surface area contributed by atoms with Crippen LogP contribution in [-0.2, 0) is 0 Å². The van der Waals surface area contributed by atoms with Crippen molar-refractivity contribution in [2.24, 2.45) is 0 Å². The Balaban J connectivity index is 0.000000160. The van der Waals surface area contributed by atoms with Crippen molar-refractivity contribution in [2.75, 3.05) is 11.5 Å². The molecule has 0 aliphatic heterocycles. The Labute approximate surface area is 112 Å². The quantitative estimate of drug-likeness (QED) is 0.708. The van der Waals surface area contributed by atoms with Crippen molar-refractivity contribution in [3.05, 3.63) is 57.5 Å². The minimum Gasteiger partial charge on any atom is -0.399 e. The normalized spacial score (nSPS) is 9.12. The Hall–Kier alpha value is -1.00. The Kier molecular flexibility index (Phi) is 5.35. The highest BCUT2D eigenvalue weighted by molar-refractivity contribution is 9.10. The minimum atomic E-state index is 0.799. The number of anilines is 2. The number of nitrogen functional groups attached to an aromatic ring is 2. The van der Waals surface area contributed by atoms with Crippen LogP contribution >= 0.6 is 31.9 Å². The van der Waals surface area contributed by atoms with Gasteiger partial charge in [0.1, 0.15) is 0 Å². The van der Waals surface area contributed by atoms with Gasteiger partial charge in [-0.05, 0) is 48.5 Å². The molecule has 0 saturated heterocycles. The second-order valence-electron chi connectivity index (χ2n) is 3.10. The minimum absolute atomic E-state index is 0.799. The first kappa shape index (κ1) is 13.1. The van der Waals surface area contributed by atoms with E-state index in [1.807, 2.05) is 48.5 Å². The molecule has 0 bridgehead atoms. The highest BCUT2D eigenvalue weighted by Crippen LogP contribution is 2.11. The van der Waals surface area contributed by atoms with Gasteiger partial charge in [0.25, 0.3) is 0 Å². The highest BCUT2D eigenvalue weighted by atomic mass is 79.9. The second kappa shape index (κ2) is 6.55. The molecule has 0 fully saturated rings. The fraction of sp³-hybridized carbons (Fsp3) is 0. The Morgan fingerprint density at radius 3 is 1.00 bits per heavy atom. The van der Waals surface area contributed by atoms with Gasteiger partial charge in [0.2, 0.25) is 0 Å². The molecule has 4 N–H and O–H groups in total. The summed E-state index contributed by atoms with van der Waals surface area (Å²) in [4.78, 5) is 0. The average molecular weight is 344 g/mol. The molecule has 84 valence electrons. The van der Waals surface area contributed by atoms with Gasteiger partial charge >= 0.3 is 0 Å². The zero-order valence-corrected chi connectivity index (χ0v) is 11.7. The van der Waals surface area contributed by atoms with E-state index in [0.29, 0.717) is 0 Å². The van der Waals surface area contributed by atoms with E-state index < -0.39 is 0 Å². The third kappa shape index (κ3) is 5.19. The van der Waals surface area contributed by atoms with Crippen LogP contribution in [0.25, 0.3) is 0 Å². The summed E-state index contributed by atoms with van der Waals surface area (Å²) in [7, 11) is 0. The zero-order chi connectivity index (χ0) is 12.0. The molecule has 2 rings (SSSR count). The summed E-state index contributed by atoms with van der Waals surface area (Å²) < 4.78 is 2.12. The fourth-order valence-electron chi connectivity index (χ4n) is 0.926. The van der Waals surface area contributed by atoms with Crippen molar-refractivity contribution in [2.45, 2.75) is 0 Å². The lowest BCUT2D eigenvalue weighted by Gasteiger charge is -1.88. The predicted octanol–water partition coefficient (Wildman–Crippen LogP) is 4.06. The van der Waals surface area contributed by atoms with Crippen LogP contribution in [0.1, 0.15) is 0 Å². The van der Waals surface area contributed by atoms with Gasteiger partial charge in [-0.2, -0.15) is 0 Å². The van der Waals surface area contributed by atoms with Crippen molar-refractivity contribution in [1.29, 1.82) is 0 Å². The summed E-state index contributed by atoms with van der Waals surface area (Å²) in [5.41, 5.74) is 12.4. The molecule has 2 nitrogen and oxygen atoms in total. The third-order valence-corrected chi connectivity index (χ3v) is 2.80. The van der Waals surface area contributed by atoms with Crippen LogP contribution < -0.4 is 11.5 Å². The first-order chi connectivity index (χ1) is 7.58. The van der Waals surface area contributed by atoms with Gasteiger partial charge in [0.05, 0.1) is 0 Å². The van der Waals surface area contributed by atoms with E-state index in [9.17, 15) is 0 Å². The van der Waals surface area contributed by atoms with Gasteiger partial charge in [0, 0.05) is 20.3 Å². The molecule has 0 radical (unpaired) electrons. The molecule has 0 unspecified atom stereocenters. The van der Waals surface area contributed by atoms with Gasteiger partial charge < -0.3 is 11.5 Å². The summed E-state index contributed by atoms with van der Waals surface area (Å²) in [5, 5.41) is 0. The lowest BCUT2D eigenvalue weighted by molar-refractivity contribution is 1.64. The molecule has 16 heavy (non-hydrogen) atoms. The average Bonchev–Trinajstić information content (AvgIpc) is 2.28. The molecule has 2 aromatic carbocycles. The molecule has 0 aliphatic carbocycles. The Morgan fingerprint density at radius 1 is 0.562 bits per heavy atom. The molecule has 4 heteroatoms. The van der Waals surface area contributed by atoms with Crippen LogP contribution in [0.2, 0.25) is 0 Å². The number of rotatable bonds is 0. The van der Waals surface area contributed by atoms with Crippen LogP contribution in [0.15, 0.2) is 57.5 Å². The van der Waals surface area contributed by atoms with E-state index in [-0.39, 0.29) is 0 Å². The molecule has 2 aromatic rings. The van der Waals surface area contributed by atoms with Gasteiger partial charge in [-0.3, -0.25) is 0 Å². The first-order valence-electron chi connectivity index (χ1n) is 4.60. The Bertz CT molecular complexity index is 338. The van der Waals surface area contributed by atoms with Crippen LogP contribution in [0.3, 0.4) is 0 Å². The molecule has 0 atom stereocenters. The van der Waals surface area contributed by atoms with Crippen molar-refractivity contribution >= 4 is 43.2 Å². The molecular weight excluding hydrogens is 332 g/mol. The third-order valence-electron chi connectivity index (χ3n) is 1.74. The van der Waals surface area contributed by atoms with Crippen molar-refractivity contribution in [3.63, 3.8) is 0 Å². The summed E-state index contributed by atoms with van der Waals surface area (Å²) >= 11 is 6.58. The van der Waals surface area contributed by atoms with E-state index in [1.165, 1.54) is 0 Å². The van der Waals surface area contributed by atoms with Gasteiger partial charge in [-0.25, -0.2) is 0 Å². The molecule has 0 amide bonds. The largest absolute Gasteiger partial charge is 0.399 e. The summed E-state index contributed by atoms with van der Waals surface area (Å²) in [5.74, 6) is 0. The maximum Gasteiger partial charge on any atom is 0.0314 e. The number of nitrogens with two attached hydrogens (primary N) is 2. The lowest BCUT2D eigenvalue weighted by Crippen LogP contribution is -1.80. The number of halogens is 2. The molecule has 0 heterocycles.